The Morgan fingerprint density at radius 3 is 2.72 bits per heavy atom. The summed E-state index contributed by atoms with van der Waals surface area (Å²) in [6, 6.07) is -1.28. The van der Waals surface area contributed by atoms with Gasteiger partial charge in [0.25, 0.3) is 0 Å². The quantitative estimate of drug-likeness (QED) is 0.183. The second-order valence-electron chi connectivity index (χ2n) is 6.86. The fraction of sp³-hybridized carbons (Fsp3) is 0.533. The Morgan fingerprint density at radius 2 is 2.06 bits per heavy atom. The van der Waals surface area contributed by atoms with Crippen LogP contribution in [0, 0.1) is 0 Å². The number of aromatic nitrogens is 4. The molecule has 0 saturated carbocycles. The average Bonchev–Trinajstić information content (AvgIpc) is 3.27. The number of imidazole rings is 1. The minimum Gasteiger partial charge on any atom is -0.481 e. The molecule has 2 aromatic heterocycles. The van der Waals surface area contributed by atoms with Crippen LogP contribution >= 0.6 is 7.75 Å². The number of aliphatic hydroxyl groups excluding tert-OH is 2. The molecule has 176 valence electrons. The molecule has 0 bridgehead atoms. The molecule has 0 spiro atoms. The second-order valence-corrected chi connectivity index (χ2v) is 8.38. The number of carboxylic acids is 1. The zero-order chi connectivity index (χ0) is 23.6. The van der Waals surface area contributed by atoms with Crippen molar-refractivity contribution in [2.45, 2.75) is 37.0 Å². The Labute approximate surface area is 180 Å². The minimum absolute atomic E-state index is 0.0985. The first-order chi connectivity index (χ1) is 15.0. The maximum absolute atomic E-state index is 12.2. The molecule has 1 fully saturated rings. The molecule has 16 nitrogen and oxygen atoms in total. The molecule has 0 aliphatic carbocycles. The fourth-order valence-corrected chi connectivity index (χ4v) is 3.93. The van der Waals surface area contributed by atoms with Crippen molar-refractivity contribution in [1.29, 1.82) is 0 Å². The van der Waals surface area contributed by atoms with Gasteiger partial charge in [-0.3, -0.25) is 23.8 Å². The maximum atomic E-state index is 12.2. The lowest BCUT2D eigenvalue weighted by Gasteiger charge is -2.20. The van der Waals surface area contributed by atoms with Crippen LogP contribution in [0.5, 0.6) is 0 Å². The van der Waals surface area contributed by atoms with E-state index in [1.807, 2.05) is 0 Å². The predicted octanol–water partition coefficient (Wildman–Crippen LogP) is -2.68. The Morgan fingerprint density at radius 1 is 1.34 bits per heavy atom. The van der Waals surface area contributed by atoms with E-state index >= 15 is 0 Å². The number of nitrogens with one attached hydrogen (secondary N) is 2. The van der Waals surface area contributed by atoms with Crippen molar-refractivity contribution in [1.82, 2.24) is 29.9 Å². The summed E-state index contributed by atoms with van der Waals surface area (Å²) < 4.78 is 23.9. The summed E-state index contributed by atoms with van der Waals surface area (Å²) in [6.07, 6.45) is -3.61. The van der Waals surface area contributed by atoms with Gasteiger partial charge in [-0.1, -0.05) is 0 Å². The van der Waals surface area contributed by atoms with E-state index in [0.717, 1.165) is 0 Å². The molecule has 6 atom stereocenters. The van der Waals surface area contributed by atoms with Crippen LogP contribution in [0.15, 0.2) is 12.7 Å². The van der Waals surface area contributed by atoms with Gasteiger partial charge in [0, 0.05) is 0 Å². The van der Waals surface area contributed by atoms with Crippen LogP contribution in [0.25, 0.3) is 11.2 Å². The number of likely N-dealkylation sites (N-methyl/N-ethyl adjacent to an activating group) is 1. The molecule has 1 aliphatic rings. The van der Waals surface area contributed by atoms with Gasteiger partial charge in [-0.25, -0.2) is 19.5 Å². The van der Waals surface area contributed by atoms with E-state index in [1.165, 1.54) is 24.3 Å². The van der Waals surface area contributed by atoms with Crippen LogP contribution in [-0.4, -0.2) is 89.6 Å². The van der Waals surface area contributed by atoms with E-state index < -0.39 is 63.2 Å². The van der Waals surface area contributed by atoms with Crippen LogP contribution in [0.4, 0.5) is 5.82 Å². The molecule has 0 radical (unpaired) electrons. The van der Waals surface area contributed by atoms with Crippen molar-refractivity contribution in [3.63, 3.8) is 0 Å². The van der Waals surface area contributed by atoms with Crippen LogP contribution in [0.1, 0.15) is 12.6 Å². The number of fused-ring (bicyclic) bond motifs is 1. The lowest BCUT2D eigenvalue weighted by atomic mass is 10.1. The number of carbonyl (C=O) groups excluding carboxylic acids is 1. The van der Waals surface area contributed by atoms with Crippen molar-refractivity contribution in [2.24, 2.45) is 0 Å². The van der Waals surface area contributed by atoms with Crippen LogP contribution in [0.3, 0.4) is 0 Å². The minimum atomic E-state index is -4.74. The number of ether oxygens (including phenoxy) is 1. The second kappa shape index (κ2) is 9.41. The van der Waals surface area contributed by atoms with Gasteiger partial charge in [-0.05, 0) is 7.05 Å². The third-order valence-corrected chi connectivity index (χ3v) is 5.71. The molecule has 0 aromatic carbocycles. The molecule has 1 saturated heterocycles. The Hall–Kier alpha value is -2.72. The number of nitrogens with two attached hydrogens (primary N) is 1. The third-order valence-electron chi connectivity index (χ3n) is 4.71. The largest absolute Gasteiger partial charge is 0.481 e. The lowest BCUT2D eigenvalue weighted by Crippen LogP contribution is -2.43. The van der Waals surface area contributed by atoms with Gasteiger partial charge in [0.1, 0.15) is 30.2 Å². The first-order valence-electron chi connectivity index (χ1n) is 9.17. The van der Waals surface area contributed by atoms with Gasteiger partial charge in [-0.15, -0.1) is 0 Å². The van der Waals surface area contributed by atoms with E-state index in [1.54, 1.807) is 5.09 Å². The first-order valence-corrected chi connectivity index (χ1v) is 10.7. The van der Waals surface area contributed by atoms with Gasteiger partial charge in [0.2, 0.25) is 5.91 Å². The highest BCUT2D eigenvalue weighted by Crippen LogP contribution is 2.39. The third kappa shape index (κ3) is 5.02. The summed E-state index contributed by atoms with van der Waals surface area (Å²) in [5.74, 6) is -2.27. The van der Waals surface area contributed by atoms with Gasteiger partial charge in [0.15, 0.2) is 17.7 Å². The summed E-state index contributed by atoms with van der Waals surface area (Å²) >= 11 is 0. The number of hydrogen-bond donors (Lipinski definition) is 7. The van der Waals surface area contributed by atoms with Crippen molar-refractivity contribution < 1.29 is 43.6 Å². The summed E-state index contributed by atoms with van der Waals surface area (Å²) in [7, 11) is -3.44. The summed E-state index contributed by atoms with van der Waals surface area (Å²) in [4.78, 5) is 44.5. The van der Waals surface area contributed by atoms with Crippen molar-refractivity contribution in [3.05, 3.63) is 12.7 Å². The topological polar surface area (TPSA) is 244 Å². The molecule has 17 heteroatoms. The summed E-state index contributed by atoms with van der Waals surface area (Å²) in [6.45, 7) is -0.685. The highest BCUT2D eigenvalue weighted by atomic mass is 31.2. The molecule has 1 aliphatic heterocycles. The lowest BCUT2D eigenvalue weighted by molar-refractivity contribution is -0.139. The number of nitrogen functional groups attached to an aromatic ring is 1. The molecular weight excluding hydrogens is 453 g/mol. The maximum Gasteiger partial charge on any atom is 0.432 e. The highest BCUT2D eigenvalue weighted by molar-refractivity contribution is 7.51. The Kier molecular flexibility index (Phi) is 7.04. The van der Waals surface area contributed by atoms with Crippen molar-refractivity contribution in [2.75, 3.05) is 19.4 Å². The van der Waals surface area contributed by atoms with E-state index in [4.69, 9.17) is 20.1 Å². The predicted molar refractivity (Wildman–Crippen MR) is 105 cm³/mol. The molecule has 1 amide bonds. The Balaban J connectivity index is 1.65. The summed E-state index contributed by atoms with van der Waals surface area (Å²) in [5, 5.41) is 33.5. The number of aliphatic hydroxyl groups is 2. The Bertz CT molecular complexity index is 1050. The zero-order valence-corrected chi connectivity index (χ0v) is 17.5. The van der Waals surface area contributed by atoms with Gasteiger partial charge < -0.3 is 36.0 Å². The number of anilines is 1. The van der Waals surface area contributed by atoms with Crippen molar-refractivity contribution in [3.8, 4) is 0 Å². The van der Waals surface area contributed by atoms with E-state index in [-0.39, 0.29) is 17.0 Å². The molecule has 8 N–H and O–H groups in total. The molecule has 3 rings (SSSR count). The number of nitrogens with zero attached hydrogens (tertiary/aromatic N) is 4. The highest BCUT2D eigenvalue weighted by Gasteiger charge is 2.45. The monoisotopic (exact) mass is 475 g/mol. The normalized spacial score (nSPS) is 26.0. The van der Waals surface area contributed by atoms with Crippen LogP contribution < -0.4 is 16.1 Å². The number of hydrogen-bond acceptors (Lipinski definition) is 12. The van der Waals surface area contributed by atoms with E-state index in [9.17, 15) is 29.3 Å². The molecule has 3 heterocycles. The number of amides is 1. The van der Waals surface area contributed by atoms with Crippen molar-refractivity contribution >= 4 is 36.6 Å². The standard InChI is InChI=1S/C15H22N7O9P/c1-17-6(2-8(23)24)14(27)21-32(28,29)30-3-7-10(25)11(26)15(31-7)22-5-20-9-12(16)18-4-19-13(9)22/h4-7,10-11,15,17,25-26H,2-3H2,1H3,(H,23,24)(H2,16,18,19)(H2,21,27,28,29)/t6-,7+,10+,11+,15+/m0/s1. The van der Waals surface area contributed by atoms with E-state index in [0.29, 0.717) is 0 Å². The number of carbonyl (C=O) groups is 2. The first kappa shape index (κ1) is 23.9. The average molecular weight is 475 g/mol. The SMILES string of the molecule is CN[C@@H](CC(=O)O)C(=O)NP(=O)(O)OC[C@H]1O[C@@H](n2cnc3c(N)ncnc32)[C@H](O)[C@@H]1O. The van der Waals surface area contributed by atoms with Gasteiger partial charge in [0.05, 0.1) is 25.4 Å². The number of aliphatic carboxylic acids is 1. The molecule has 32 heavy (non-hydrogen) atoms. The smallest absolute Gasteiger partial charge is 0.432 e. The van der Waals surface area contributed by atoms with Gasteiger partial charge >= 0.3 is 13.7 Å². The van der Waals surface area contributed by atoms with Crippen LogP contribution in [-0.2, 0) is 23.4 Å². The van der Waals surface area contributed by atoms with Gasteiger partial charge in [-0.2, -0.15) is 0 Å². The van der Waals surface area contributed by atoms with E-state index in [2.05, 4.69) is 20.3 Å². The number of rotatable bonds is 9. The zero-order valence-electron chi connectivity index (χ0n) is 16.6. The number of carboxylic acid groups (broad SMARTS) is 1. The fourth-order valence-electron chi connectivity index (χ4n) is 3.08. The van der Waals surface area contributed by atoms with Crippen LogP contribution in [0.2, 0.25) is 0 Å². The molecule has 2 aromatic rings. The molecule has 1 unspecified atom stereocenters. The summed E-state index contributed by atoms with van der Waals surface area (Å²) in [5.41, 5.74) is 6.20. The molecular formula is C15H22N7O9P.